The molecule has 102 valence electrons. The highest BCUT2D eigenvalue weighted by atomic mass is 35.5. The second kappa shape index (κ2) is 8.68. The van der Waals surface area contributed by atoms with Crippen molar-refractivity contribution in [2.45, 2.75) is 38.5 Å². The van der Waals surface area contributed by atoms with Gasteiger partial charge in [-0.05, 0) is 50.3 Å². The number of likely N-dealkylation sites (tertiary alicyclic amines) is 1. The van der Waals surface area contributed by atoms with Crippen molar-refractivity contribution in [2.24, 2.45) is 0 Å². The Morgan fingerprint density at radius 1 is 1.22 bits per heavy atom. The second-order valence-electron chi connectivity index (χ2n) is 4.79. The van der Waals surface area contributed by atoms with Crippen LogP contribution in [0.2, 0.25) is 0 Å². The molecule has 0 radical (unpaired) electrons. The third-order valence-electron chi connectivity index (χ3n) is 3.42. The third kappa shape index (κ3) is 5.09. The van der Waals surface area contributed by atoms with Crippen LogP contribution in [0.15, 0.2) is 16.8 Å². The lowest BCUT2D eigenvalue weighted by Crippen LogP contribution is -2.26. The van der Waals surface area contributed by atoms with Gasteiger partial charge in [0.05, 0.1) is 0 Å². The Morgan fingerprint density at radius 3 is 2.56 bits per heavy atom. The molecule has 0 N–H and O–H groups in total. The van der Waals surface area contributed by atoms with E-state index in [0.29, 0.717) is 12.2 Å². The summed E-state index contributed by atoms with van der Waals surface area (Å²) in [7, 11) is 0. The first kappa shape index (κ1) is 15.7. The van der Waals surface area contributed by atoms with Crippen molar-refractivity contribution in [1.29, 1.82) is 0 Å². The zero-order valence-corrected chi connectivity index (χ0v) is 12.4. The Kier molecular flexibility index (Phi) is 7.56. The zero-order valence-electron chi connectivity index (χ0n) is 10.8. The summed E-state index contributed by atoms with van der Waals surface area (Å²) in [5.41, 5.74) is 0.894. The molecule has 1 aliphatic rings. The highest BCUT2D eigenvalue weighted by Crippen LogP contribution is 2.12. The summed E-state index contributed by atoms with van der Waals surface area (Å²) >= 11 is 1.60. The van der Waals surface area contributed by atoms with Crippen molar-refractivity contribution in [3.05, 3.63) is 22.4 Å². The number of thiophene rings is 1. The summed E-state index contributed by atoms with van der Waals surface area (Å²) in [5, 5.41) is 3.93. The maximum Gasteiger partial charge on any atom is 0.163 e. The van der Waals surface area contributed by atoms with Gasteiger partial charge in [-0.2, -0.15) is 11.3 Å². The van der Waals surface area contributed by atoms with Crippen molar-refractivity contribution in [3.8, 4) is 0 Å². The molecule has 4 heteroatoms. The quantitative estimate of drug-likeness (QED) is 0.763. The summed E-state index contributed by atoms with van der Waals surface area (Å²) in [6, 6.07) is 1.93. The fourth-order valence-corrected chi connectivity index (χ4v) is 3.05. The van der Waals surface area contributed by atoms with Crippen molar-refractivity contribution < 1.29 is 4.79 Å². The van der Waals surface area contributed by atoms with Crippen molar-refractivity contribution in [1.82, 2.24) is 4.90 Å². The first-order valence-electron chi connectivity index (χ1n) is 6.64. The van der Waals surface area contributed by atoms with E-state index in [0.717, 1.165) is 18.5 Å². The Hall–Kier alpha value is -0.380. The van der Waals surface area contributed by atoms with Gasteiger partial charge in [-0.25, -0.2) is 0 Å². The molecule has 0 bridgehead atoms. The van der Waals surface area contributed by atoms with E-state index in [4.69, 9.17) is 0 Å². The van der Waals surface area contributed by atoms with Gasteiger partial charge in [0.15, 0.2) is 5.78 Å². The molecule has 1 aliphatic heterocycles. The Morgan fingerprint density at radius 2 is 1.94 bits per heavy atom. The summed E-state index contributed by atoms with van der Waals surface area (Å²) in [6.45, 7) is 3.55. The average molecular weight is 288 g/mol. The van der Waals surface area contributed by atoms with Gasteiger partial charge >= 0.3 is 0 Å². The van der Waals surface area contributed by atoms with Crippen LogP contribution < -0.4 is 0 Å². The summed E-state index contributed by atoms with van der Waals surface area (Å²) in [6.07, 6.45) is 7.13. The van der Waals surface area contributed by atoms with Crippen LogP contribution in [0.3, 0.4) is 0 Å². The molecular formula is C14H22ClNOS. The molecular weight excluding hydrogens is 266 g/mol. The summed E-state index contributed by atoms with van der Waals surface area (Å²) in [4.78, 5) is 14.3. The number of Topliss-reactive ketones (excluding diaryl/α,β-unsaturated/α-hetero) is 1. The molecule has 2 rings (SSSR count). The minimum absolute atomic E-state index is 0. The fourth-order valence-electron chi connectivity index (χ4n) is 2.39. The molecule has 1 saturated heterocycles. The molecule has 1 aromatic rings. The number of hydrogen-bond acceptors (Lipinski definition) is 3. The van der Waals surface area contributed by atoms with E-state index in [2.05, 4.69) is 4.90 Å². The lowest BCUT2D eigenvalue weighted by Gasteiger charge is -2.19. The third-order valence-corrected chi connectivity index (χ3v) is 4.10. The normalized spacial score (nSPS) is 16.9. The van der Waals surface area contributed by atoms with Gasteiger partial charge in [-0.1, -0.05) is 12.8 Å². The van der Waals surface area contributed by atoms with Gasteiger partial charge in [0.2, 0.25) is 0 Å². The van der Waals surface area contributed by atoms with E-state index in [1.165, 1.54) is 38.8 Å². The van der Waals surface area contributed by atoms with Gasteiger partial charge in [-0.3, -0.25) is 4.79 Å². The van der Waals surface area contributed by atoms with E-state index in [9.17, 15) is 4.79 Å². The van der Waals surface area contributed by atoms with Crippen molar-refractivity contribution >= 4 is 29.5 Å². The SMILES string of the molecule is Cl.O=C(CCCN1CCCCCC1)c1ccsc1. The topological polar surface area (TPSA) is 20.3 Å². The molecule has 1 fully saturated rings. The van der Waals surface area contributed by atoms with Crippen molar-refractivity contribution in [3.63, 3.8) is 0 Å². The molecule has 0 aliphatic carbocycles. The highest BCUT2D eigenvalue weighted by Gasteiger charge is 2.10. The molecule has 18 heavy (non-hydrogen) atoms. The smallest absolute Gasteiger partial charge is 0.163 e. The molecule has 2 nitrogen and oxygen atoms in total. The van der Waals surface area contributed by atoms with E-state index in [-0.39, 0.29) is 12.4 Å². The van der Waals surface area contributed by atoms with Crippen molar-refractivity contribution in [2.75, 3.05) is 19.6 Å². The first-order chi connectivity index (χ1) is 8.36. The number of rotatable bonds is 5. The van der Waals surface area contributed by atoms with E-state index in [1.807, 2.05) is 16.8 Å². The lowest BCUT2D eigenvalue weighted by atomic mass is 10.1. The minimum atomic E-state index is 0. The minimum Gasteiger partial charge on any atom is -0.303 e. The van der Waals surface area contributed by atoms with Crippen LogP contribution in [-0.4, -0.2) is 30.3 Å². The molecule has 0 spiro atoms. The van der Waals surface area contributed by atoms with Gasteiger partial charge in [0.25, 0.3) is 0 Å². The number of nitrogens with zero attached hydrogens (tertiary/aromatic N) is 1. The van der Waals surface area contributed by atoms with Crippen LogP contribution in [0.25, 0.3) is 0 Å². The predicted octanol–water partition coefficient (Wildman–Crippen LogP) is 4.01. The Balaban J connectivity index is 0.00000162. The Labute approximate surface area is 120 Å². The first-order valence-corrected chi connectivity index (χ1v) is 7.58. The van der Waals surface area contributed by atoms with Crippen LogP contribution >= 0.6 is 23.7 Å². The summed E-state index contributed by atoms with van der Waals surface area (Å²) < 4.78 is 0. The monoisotopic (exact) mass is 287 g/mol. The maximum absolute atomic E-state index is 11.8. The summed E-state index contributed by atoms with van der Waals surface area (Å²) in [5.74, 6) is 0.307. The number of halogens is 1. The van der Waals surface area contributed by atoms with E-state index < -0.39 is 0 Å². The van der Waals surface area contributed by atoms with E-state index >= 15 is 0 Å². The maximum atomic E-state index is 11.8. The van der Waals surface area contributed by atoms with Crippen LogP contribution in [0.5, 0.6) is 0 Å². The van der Waals surface area contributed by atoms with Gasteiger partial charge in [-0.15, -0.1) is 12.4 Å². The number of hydrogen-bond donors (Lipinski definition) is 0. The van der Waals surface area contributed by atoms with Gasteiger partial charge in [0, 0.05) is 17.4 Å². The van der Waals surface area contributed by atoms with Crippen LogP contribution in [0.4, 0.5) is 0 Å². The fraction of sp³-hybridized carbons (Fsp3) is 0.643. The molecule has 0 atom stereocenters. The van der Waals surface area contributed by atoms with Crippen LogP contribution in [-0.2, 0) is 0 Å². The van der Waals surface area contributed by atoms with Crippen LogP contribution in [0.1, 0.15) is 48.9 Å². The molecule has 0 aromatic carbocycles. The number of carbonyl (C=O) groups is 1. The lowest BCUT2D eigenvalue weighted by molar-refractivity contribution is 0.0975. The highest BCUT2D eigenvalue weighted by molar-refractivity contribution is 7.08. The molecule has 0 amide bonds. The standard InChI is InChI=1S/C14H21NOS.ClH/c16-14(13-7-11-17-12-13)6-5-10-15-8-3-1-2-4-9-15;/h7,11-12H,1-6,8-10H2;1H. The molecule has 1 aromatic heterocycles. The van der Waals surface area contributed by atoms with Gasteiger partial charge in [0.1, 0.15) is 0 Å². The zero-order chi connectivity index (χ0) is 11.9. The Bertz CT molecular complexity index is 332. The predicted molar refractivity (Wildman–Crippen MR) is 80.0 cm³/mol. The average Bonchev–Trinajstić information content (AvgIpc) is 2.75. The van der Waals surface area contributed by atoms with Gasteiger partial charge < -0.3 is 4.90 Å². The molecule has 0 unspecified atom stereocenters. The van der Waals surface area contributed by atoms with Crippen LogP contribution in [0, 0.1) is 0 Å². The second-order valence-corrected chi connectivity index (χ2v) is 5.57. The molecule has 2 heterocycles. The van der Waals surface area contributed by atoms with E-state index in [1.54, 1.807) is 11.3 Å². The molecule has 0 saturated carbocycles. The largest absolute Gasteiger partial charge is 0.303 e. The number of carbonyl (C=O) groups excluding carboxylic acids is 1. The number of ketones is 1.